The summed E-state index contributed by atoms with van der Waals surface area (Å²) in [7, 11) is 0. The van der Waals surface area contributed by atoms with Gasteiger partial charge in [-0.2, -0.15) is 0 Å². The van der Waals surface area contributed by atoms with Crippen molar-refractivity contribution >= 4 is 23.3 Å². The normalized spacial score (nSPS) is 13.2. The van der Waals surface area contributed by atoms with Gasteiger partial charge in [-0.05, 0) is 32.4 Å². The highest BCUT2D eigenvalue weighted by molar-refractivity contribution is 5.92. The molecule has 1 N–H and O–H groups in total. The fraction of sp³-hybridized carbons (Fsp3) is 0.211. The number of aromatic amines is 1. The van der Waals surface area contributed by atoms with E-state index in [2.05, 4.69) is 4.98 Å². The number of fused-ring (bicyclic) bond motifs is 1. The van der Waals surface area contributed by atoms with Crippen molar-refractivity contribution in [1.82, 2.24) is 4.98 Å². The lowest BCUT2D eigenvalue weighted by molar-refractivity contribution is 0.574. The molecule has 3 nitrogen and oxygen atoms in total. The molecule has 3 aromatic rings. The largest absolute Gasteiger partial charge is 0.454 e. The summed E-state index contributed by atoms with van der Waals surface area (Å²) in [5.74, 6) is -0.373. The number of H-pyrrole nitrogens is 1. The van der Waals surface area contributed by atoms with Crippen molar-refractivity contribution in [1.29, 1.82) is 0 Å². The van der Waals surface area contributed by atoms with E-state index in [0.717, 1.165) is 11.6 Å². The van der Waals surface area contributed by atoms with Gasteiger partial charge < -0.3 is 9.40 Å². The van der Waals surface area contributed by atoms with Gasteiger partial charge in [-0.1, -0.05) is 31.2 Å². The number of rotatable bonds is 2. The molecular formula is C19H18FNO2. The highest BCUT2D eigenvalue weighted by Crippen LogP contribution is 2.29. The molecule has 4 heteroatoms. The molecule has 0 spiro atoms. The van der Waals surface area contributed by atoms with Crippen LogP contribution in [0.25, 0.3) is 34.4 Å². The lowest BCUT2D eigenvalue weighted by Crippen LogP contribution is -2.22. The molecule has 0 radical (unpaired) electrons. The Bertz CT molecular complexity index is 1060. The molecule has 0 bridgehead atoms. The van der Waals surface area contributed by atoms with Crippen molar-refractivity contribution in [3.63, 3.8) is 0 Å². The first-order chi connectivity index (χ1) is 11.1. The van der Waals surface area contributed by atoms with Gasteiger partial charge in [0.05, 0.1) is 5.52 Å². The summed E-state index contributed by atoms with van der Waals surface area (Å²) in [6, 6.07) is 6.43. The number of halogens is 1. The maximum Gasteiger partial charge on any atom is 0.252 e. The number of nitrogens with one attached hydrogen (secondary N) is 1. The first-order valence-electron chi connectivity index (χ1n) is 7.65. The number of hydrogen-bond donors (Lipinski definition) is 1. The Hall–Kier alpha value is -2.62. The smallest absolute Gasteiger partial charge is 0.252 e. The number of furan rings is 1. The van der Waals surface area contributed by atoms with Crippen LogP contribution in [0.2, 0.25) is 0 Å². The van der Waals surface area contributed by atoms with E-state index in [9.17, 15) is 9.18 Å². The quantitative estimate of drug-likeness (QED) is 0.790. The van der Waals surface area contributed by atoms with Gasteiger partial charge in [0.2, 0.25) is 0 Å². The molecule has 2 heterocycles. The number of benzene rings is 1. The third kappa shape index (κ3) is 2.40. The van der Waals surface area contributed by atoms with Gasteiger partial charge >= 0.3 is 0 Å². The van der Waals surface area contributed by atoms with E-state index in [1.807, 2.05) is 26.0 Å². The first kappa shape index (κ1) is 15.3. The second kappa shape index (κ2) is 5.88. The minimum absolute atomic E-state index is 0.232. The van der Waals surface area contributed by atoms with Gasteiger partial charge in [-0.25, -0.2) is 4.39 Å². The van der Waals surface area contributed by atoms with Crippen molar-refractivity contribution in [2.75, 3.05) is 0 Å². The molecule has 0 unspecified atom stereocenters. The summed E-state index contributed by atoms with van der Waals surface area (Å²) in [6.45, 7) is 5.57. The highest BCUT2D eigenvalue weighted by Gasteiger charge is 2.18. The van der Waals surface area contributed by atoms with Crippen molar-refractivity contribution < 1.29 is 8.81 Å². The predicted octanol–water partition coefficient (Wildman–Crippen LogP) is 3.23. The fourth-order valence-electron chi connectivity index (χ4n) is 2.86. The topological polar surface area (TPSA) is 46.0 Å². The van der Waals surface area contributed by atoms with Gasteiger partial charge in [0.1, 0.15) is 11.2 Å². The van der Waals surface area contributed by atoms with Crippen LogP contribution < -0.4 is 16.2 Å². The van der Waals surface area contributed by atoms with E-state index in [4.69, 9.17) is 4.42 Å². The van der Waals surface area contributed by atoms with E-state index in [1.165, 1.54) is 6.07 Å². The summed E-state index contributed by atoms with van der Waals surface area (Å²) in [5, 5.41) is 0.847. The Morgan fingerprint density at radius 3 is 2.70 bits per heavy atom. The highest BCUT2D eigenvalue weighted by atomic mass is 19.1. The van der Waals surface area contributed by atoms with E-state index >= 15 is 0 Å². The van der Waals surface area contributed by atoms with Gasteiger partial charge in [-0.15, -0.1) is 0 Å². The molecule has 0 aliphatic rings. The lowest BCUT2D eigenvalue weighted by Gasteiger charge is -2.07. The van der Waals surface area contributed by atoms with Crippen LogP contribution in [0.1, 0.15) is 25.8 Å². The summed E-state index contributed by atoms with van der Waals surface area (Å²) in [6.07, 6.45) is 4.65. The van der Waals surface area contributed by atoms with E-state index in [0.29, 0.717) is 33.2 Å². The maximum absolute atomic E-state index is 14.3. The van der Waals surface area contributed by atoms with Crippen LogP contribution in [0.4, 0.5) is 4.39 Å². The van der Waals surface area contributed by atoms with Crippen LogP contribution >= 0.6 is 0 Å². The molecular weight excluding hydrogens is 293 g/mol. The van der Waals surface area contributed by atoms with Crippen molar-refractivity contribution in [3.05, 3.63) is 56.6 Å². The number of hydrogen-bond acceptors (Lipinski definition) is 2. The molecule has 118 valence electrons. The zero-order chi connectivity index (χ0) is 16.6. The van der Waals surface area contributed by atoms with E-state index in [-0.39, 0.29) is 11.4 Å². The third-order valence-electron chi connectivity index (χ3n) is 3.97. The second-order valence-corrected chi connectivity index (χ2v) is 5.42. The molecule has 0 saturated carbocycles. The van der Waals surface area contributed by atoms with E-state index in [1.54, 1.807) is 25.1 Å². The third-order valence-corrected chi connectivity index (χ3v) is 3.97. The molecule has 0 aliphatic carbocycles. The number of pyridine rings is 1. The average molecular weight is 311 g/mol. The number of aromatic nitrogens is 1. The van der Waals surface area contributed by atoms with Crippen molar-refractivity contribution in [3.8, 4) is 11.1 Å². The Morgan fingerprint density at radius 1 is 1.30 bits per heavy atom. The molecule has 3 rings (SSSR count). The van der Waals surface area contributed by atoms with E-state index < -0.39 is 0 Å². The van der Waals surface area contributed by atoms with Crippen LogP contribution in [-0.4, -0.2) is 4.98 Å². The van der Waals surface area contributed by atoms with Gasteiger partial charge in [-0.3, -0.25) is 4.79 Å². The van der Waals surface area contributed by atoms with Gasteiger partial charge in [0, 0.05) is 21.9 Å². The lowest BCUT2D eigenvalue weighted by atomic mass is 10.0. The summed E-state index contributed by atoms with van der Waals surface area (Å²) >= 11 is 0. The molecule has 1 aromatic carbocycles. The van der Waals surface area contributed by atoms with Crippen molar-refractivity contribution in [2.24, 2.45) is 0 Å². The molecule has 23 heavy (non-hydrogen) atoms. The zero-order valence-electron chi connectivity index (χ0n) is 13.4. The Labute approximate surface area is 132 Å². The molecule has 0 amide bonds. The molecule has 2 aromatic heterocycles. The van der Waals surface area contributed by atoms with Crippen LogP contribution in [-0.2, 0) is 0 Å². The van der Waals surface area contributed by atoms with Gasteiger partial charge in [0.15, 0.2) is 5.58 Å². The summed E-state index contributed by atoms with van der Waals surface area (Å²) < 4.78 is 20.2. The molecule has 0 saturated heterocycles. The second-order valence-electron chi connectivity index (χ2n) is 5.42. The predicted molar refractivity (Wildman–Crippen MR) is 91.1 cm³/mol. The van der Waals surface area contributed by atoms with Crippen LogP contribution in [0.5, 0.6) is 0 Å². The van der Waals surface area contributed by atoms with Crippen molar-refractivity contribution in [2.45, 2.75) is 27.2 Å². The van der Waals surface area contributed by atoms with Crippen LogP contribution in [0, 0.1) is 12.7 Å². The average Bonchev–Trinajstić information content (AvgIpc) is 2.88. The SMILES string of the molecule is CC=c1oc2c(-c3ccccc3F)c(C)c(=O)[nH]c2c1=CCC. The molecule has 0 aliphatic heterocycles. The standard InChI is InChI=1S/C19H18FNO2/c1-4-8-13-15(5-2)23-18-16(11(3)19(22)21-17(13)18)12-9-6-7-10-14(12)20/h5-10H,4H2,1-3H3,(H,21,22). The summed E-state index contributed by atoms with van der Waals surface area (Å²) in [5.41, 5.74) is 2.92. The minimum Gasteiger partial charge on any atom is -0.454 e. The molecule has 0 fully saturated rings. The van der Waals surface area contributed by atoms with Gasteiger partial charge in [0.25, 0.3) is 5.56 Å². The zero-order valence-corrected chi connectivity index (χ0v) is 13.4. The fourth-order valence-corrected chi connectivity index (χ4v) is 2.86. The Balaban J connectivity index is 2.58. The minimum atomic E-state index is -0.373. The summed E-state index contributed by atoms with van der Waals surface area (Å²) in [4.78, 5) is 15.2. The Morgan fingerprint density at radius 2 is 2.04 bits per heavy atom. The van der Waals surface area contributed by atoms with Crippen LogP contribution in [0.3, 0.4) is 0 Å². The maximum atomic E-state index is 14.3. The van der Waals surface area contributed by atoms with Crippen LogP contribution in [0.15, 0.2) is 33.5 Å². The monoisotopic (exact) mass is 311 g/mol. The Kier molecular flexibility index (Phi) is 3.90. The molecule has 0 atom stereocenters. The first-order valence-corrected chi connectivity index (χ1v) is 7.65.